The lowest BCUT2D eigenvalue weighted by atomic mass is 10.1. The maximum atomic E-state index is 12.0. The number of hydrogen-bond acceptors (Lipinski definition) is 5. The van der Waals surface area contributed by atoms with Crippen LogP contribution in [0.5, 0.6) is 0 Å². The van der Waals surface area contributed by atoms with Gasteiger partial charge in [0, 0.05) is 13.0 Å². The predicted molar refractivity (Wildman–Crippen MR) is 71.0 cm³/mol. The molecule has 0 saturated heterocycles. The van der Waals surface area contributed by atoms with E-state index in [1.807, 2.05) is 6.26 Å². The van der Waals surface area contributed by atoms with Gasteiger partial charge in [-0.3, -0.25) is 9.59 Å². The summed E-state index contributed by atoms with van der Waals surface area (Å²) in [6.45, 7) is 0. The van der Waals surface area contributed by atoms with Crippen molar-refractivity contribution >= 4 is 40.5 Å². The molecule has 0 atom stereocenters. The number of nitrogens with one attached hydrogen (secondary N) is 1. The number of anilines is 1. The van der Waals surface area contributed by atoms with Crippen molar-refractivity contribution in [2.24, 2.45) is 5.92 Å². The zero-order valence-electron chi connectivity index (χ0n) is 9.70. The summed E-state index contributed by atoms with van der Waals surface area (Å²) < 4.78 is 0.811. The minimum Gasteiger partial charge on any atom is -0.397 e. The Hall–Kier alpha value is -1.01. The second-order valence-electron chi connectivity index (χ2n) is 3.93. The van der Waals surface area contributed by atoms with Gasteiger partial charge in [0.05, 0.1) is 20.3 Å². The van der Waals surface area contributed by atoms with Crippen molar-refractivity contribution in [3.63, 3.8) is 0 Å². The molecule has 1 aliphatic rings. The molecule has 0 bridgehead atoms. The second kappa shape index (κ2) is 4.70. The molecule has 1 saturated carbocycles. The molecule has 1 fully saturated rings. The van der Waals surface area contributed by atoms with Crippen LogP contribution in [0.3, 0.4) is 0 Å². The van der Waals surface area contributed by atoms with Gasteiger partial charge in [-0.05, 0) is 19.1 Å². The molecule has 17 heavy (non-hydrogen) atoms. The van der Waals surface area contributed by atoms with Gasteiger partial charge < -0.3 is 11.1 Å². The highest BCUT2D eigenvalue weighted by Gasteiger charge is 2.34. The number of rotatable bonds is 4. The van der Waals surface area contributed by atoms with Gasteiger partial charge >= 0.3 is 0 Å². The van der Waals surface area contributed by atoms with E-state index in [0.29, 0.717) is 16.1 Å². The van der Waals surface area contributed by atoms with E-state index < -0.39 is 0 Å². The summed E-state index contributed by atoms with van der Waals surface area (Å²) in [6, 6.07) is 0. The van der Waals surface area contributed by atoms with Crippen LogP contribution in [-0.4, -0.2) is 25.0 Å². The van der Waals surface area contributed by atoms with Crippen LogP contribution in [0.15, 0.2) is 4.21 Å². The molecule has 1 heterocycles. The van der Waals surface area contributed by atoms with Crippen LogP contribution >= 0.6 is 23.1 Å². The Morgan fingerprint density at radius 1 is 1.47 bits per heavy atom. The maximum Gasteiger partial charge on any atom is 0.255 e. The van der Waals surface area contributed by atoms with Crippen molar-refractivity contribution in [1.29, 1.82) is 0 Å². The highest BCUT2D eigenvalue weighted by Crippen LogP contribution is 2.42. The second-order valence-corrected chi connectivity index (χ2v) is 6.02. The van der Waals surface area contributed by atoms with Crippen molar-refractivity contribution < 1.29 is 9.59 Å². The molecule has 1 aliphatic carbocycles. The largest absolute Gasteiger partial charge is 0.397 e. The molecule has 0 aliphatic heterocycles. The van der Waals surface area contributed by atoms with Crippen molar-refractivity contribution in [3.05, 3.63) is 10.4 Å². The predicted octanol–water partition coefficient (Wildman–Crippen LogP) is 2.00. The summed E-state index contributed by atoms with van der Waals surface area (Å²) in [7, 11) is 1.56. The van der Waals surface area contributed by atoms with Crippen molar-refractivity contribution in [1.82, 2.24) is 5.32 Å². The summed E-state index contributed by atoms with van der Waals surface area (Å²) in [5, 5.41) is 2.56. The van der Waals surface area contributed by atoms with Crippen molar-refractivity contribution in [3.8, 4) is 0 Å². The fraction of sp³-hybridized carbons (Fsp3) is 0.455. The molecule has 0 aromatic carbocycles. The summed E-state index contributed by atoms with van der Waals surface area (Å²) in [5.41, 5.74) is 6.73. The quantitative estimate of drug-likeness (QED) is 0.648. The van der Waals surface area contributed by atoms with Crippen LogP contribution in [0.25, 0.3) is 0 Å². The Morgan fingerprint density at radius 3 is 2.59 bits per heavy atom. The first kappa shape index (κ1) is 12.4. The SMILES string of the molecule is CNC(=O)c1c(SC)sc(C(=O)C2CC2)c1N. The Bertz CT molecular complexity index is 478. The lowest BCUT2D eigenvalue weighted by Crippen LogP contribution is -2.19. The van der Waals surface area contributed by atoms with Crippen molar-refractivity contribution in [2.75, 3.05) is 19.0 Å². The smallest absolute Gasteiger partial charge is 0.255 e. The van der Waals surface area contributed by atoms with Gasteiger partial charge in [0.15, 0.2) is 5.78 Å². The van der Waals surface area contributed by atoms with Crippen LogP contribution in [0, 0.1) is 5.92 Å². The number of nitrogens with two attached hydrogens (primary N) is 1. The number of carbonyl (C=O) groups is 2. The van der Waals surface area contributed by atoms with Gasteiger partial charge in [-0.15, -0.1) is 23.1 Å². The minimum absolute atomic E-state index is 0.0953. The van der Waals surface area contributed by atoms with Crippen LogP contribution in [0.4, 0.5) is 5.69 Å². The van der Waals surface area contributed by atoms with E-state index in [1.54, 1.807) is 7.05 Å². The topological polar surface area (TPSA) is 72.2 Å². The zero-order chi connectivity index (χ0) is 12.6. The number of hydrogen-bond donors (Lipinski definition) is 2. The lowest BCUT2D eigenvalue weighted by Gasteiger charge is -2.01. The van der Waals surface area contributed by atoms with E-state index in [-0.39, 0.29) is 17.6 Å². The van der Waals surface area contributed by atoms with E-state index in [2.05, 4.69) is 5.32 Å². The van der Waals surface area contributed by atoms with Gasteiger partial charge in [-0.2, -0.15) is 0 Å². The van der Waals surface area contributed by atoms with Gasteiger partial charge in [-0.1, -0.05) is 0 Å². The van der Waals surface area contributed by atoms with E-state index >= 15 is 0 Å². The summed E-state index contributed by atoms with van der Waals surface area (Å²) in [6.07, 6.45) is 3.77. The third-order valence-corrected chi connectivity index (χ3v) is 5.06. The molecule has 2 rings (SSSR count). The molecular formula is C11H14N2O2S2. The Balaban J connectivity index is 2.44. The van der Waals surface area contributed by atoms with Crippen LogP contribution in [0.2, 0.25) is 0 Å². The van der Waals surface area contributed by atoms with Crippen molar-refractivity contribution in [2.45, 2.75) is 17.1 Å². The zero-order valence-corrected chi connectivity index (χ0v) is 11.3. The van der Waals surface area contributed by atoms with E-state index in [9.17, 15) is 9.59 Å². The third-order valence-electron chi connectivity index (χ3n) is 2.72. The average molecular weight is 270 g/mol. The molecule has 92 valence electrons. The lowest BCUT2D eigenvalue weighted by molar-refractivity contribution is 0.0961. The number of nitrogen functional groups attached to an aromatic ring is 1. The molecule has 3 N–H and O–H groups in total. The summed E-state index contributed by atoms with van der Waals surface area (Å²) >= 11 is 2.78. The standard InChI is InChI=1S/C11H14N2O2S2/c1-13-10(15)6-7(12)9(17-11(6)16-2)8(14)5-3-4-5/h5H,3-4,12H2,1-2H3,(H,13,15). The molecule has 4 nitrogen and oxygen atoms in total. The van der Waals surface area contributed by atoms with E-state index in [0.717, 1.165) is 17.1 Å². The van der Waals surface area contributed by atoms with Gasteiger partial charge in [0.25, 0.3) is 5.91 Å². The normalized spacial score (nSPS) is 14.7. The molecule has 1 amide bonds. The Kier molecular flexibility index (Phi) is 3.44. The maximum absolute atomic E-state index is 12.0. The number of amides is 1. The highest BCUT2D eigenvalue weighted by molar-refractivity contribution is 8.00. The van der Waals surface area contributed by atoms with Crippen LogP contribution < -0.4 is 11.1 Å². The number of Topliss-reactive ketones (excluding diaryl/α,β-unsaturated/α-hetero) is 1. The van der Waals surface area contributed by atoms with E-state index in [1.165, 1.54) is 23.1 Å². The fourth-order valence-corrected chi connectivity index (χ4v) is 3.58. The van der Waals surface area contributed by atoms with Gasteiger partial charge in [0.2, 0.25) is 0 Å². The molecule has 1 aromatic rings. The minimum atomic E-state index is -0.224. The average Bonchev–Trinajstić information content (AvgIpc) is 3.11. The van der Waals surface area contributed by atoms with Crippen LogP contribution in [0.1, 0.15) is 32.9 Å². The van der Waals surface area contributed by atoms with E-state index in [4.69, 9.17) is 5.73 Å². The first-order valence-corrected chi connectivity index (χ1v) is 7.36. The number of carbonyl (C=O) groups excluding carboxylic acids is 2. The number of thiophene rings is 1. The molecule has 0 unspecified atom stereocenters. The molecule has 0 spiro atoms. The van der Waals surface area contributed by atoms with Gasteiger partial charge in [0.1, 0.15) is 0 Å². The Labute approximate surface area is 108 Å². The monoisotopic (exact) mass is 270 g/mol. The van der Waals surface area contributed by atoms with Crippen LogP contribution in [-0.2, 0) is 0 Å². The Morgan fingerprint density at radius 2 is 2.12 bits per heavy atom. The molecular weight excluding hydrogens is 256 g/mol. The fourth-order valence-electron chi connectivity index (χ4n) is 1.62. The first-order valence-electron chi connectivity index (χ1n) is 5.32. The molecule has 0 radical (unpaired) electrons. The molecule has 6 heteroatoms. The molecule has 1 aromatic heterocycles. The summed E-state index contributed by atoms with van der Waals surface area (Å²) in [5.74, 6) is -0.000839. The van der Waals surface area contributed by atoms with Gasteiger partial charge in [-0.25, -0.2) is 0 Å². The number of ketones is 1. The first-order chi connectivity index (χ1) is 8.10. The number of thioether (sulfide) groups is 1. The summed E-state index contributed by atoms with van der Waals surface area (Å²) in [4.78, 5) is 24.3. The third kappa shape index (κ3) is 2.19. The highest BCUT2D eigenvalue weighted by atomic mass is 32.2.